The van der Waals surface area contributed by atoms with Crippen LogP contribution in [0.1, 0.15) is 37.1 Å². The fourth-order valence-corrected chi connectivity index (χ4v) is 4.06. The molecule has 1 atom stereocenters. The standard InChI is InChI=1S/C23H26N4O3S/c1-15-6-10-21(11-7-15)30-13-20(29)14-31-23-26-25-22(17-8-9-17)27(23)19-5-3-4-18(12-19)24-16(2)28/h3-7,10-12,17,20,29H,8-9,13-14H2,1-2H3,(H,24,28). The Kier molecular flexibility index (Phi) is 6.58. The van der Waals surface area contributed by atoms with E-state index in [1.54, 1.807) is 0 Å². The molecule has 1 saturated carbocycles. The number of carbonyl (C=O) groups is 1. The number of ether oxygens (including phenoxy) is 1. The van der Waals surface area contributed by atoms with Gasteiger partial charge in [0.25, 0.3) is 0 Å². The summed E-state index contributed by atoms with van der Waals surface area (Å²) >= 11 is 1.45. The van der Waals surface area contributed by atoms with Crippen molar-refractivity contribution in [3.05, 3.63) is 59.9 Å². The smallest absolute Gasteiger partial charge is 0.221 e. The zero-order valence-electron chi connectivity index (χ0n) is 17.6. The molecule has 3 aromatic rings. The molecule has 0 aliphatic heterocycles. The van der Waals surface area contributed by atoms with Crippen molar-refractivity contribution in [3.63, 3.8) is 0 Å². The molecular weight excluding hydrogens is 412 g/mol. The van der Waals surface area contributed by atoms with Crippen LogP contribution in [0.15, 0.2) is 53.7 Å². The van der Waals surface area contributed by atoms with Gasteiger partial charge in [-0.2, -0.15) is 0 Å². The van der Waals surface area contributed by atoms with Gasteiger partial charge in [0.15, 0.2) is 5.16 Å². The molecule has 0 spiro atoms. The summed E-state index contributed by atoms with van der Waals surface area (Å²) in [5.74, 6) is 2.38. The molecule has 1 aliphatic rings. The van der Waals surface area contributed by atoms with Gasteiger partial charge in [0.05, 0.1) is 11.8 Å². The fourth-order valence-electron chi connectivity index (χ4n) is 3.20. The van der Waals surface area contributed by atoms with Crippen LogP contribution >= 0.6 is 11.8 Å². The molecule has 1 amide bonds. The Morgan fingerprint density at radius 3 is 2.74 bits per heavy atom. The van der Waals surface area contributed by atoms with Crippen molar-refractivity contribution in [2.24, 2.45) is 0 Å². The van der Waals surface area contributed by atoms with Crippen molar-refractivity contribution < 1.29 is 14.6 Å². The number of hydrogen-bond acceptors (Lipinski definition) is 6. The Hall–Kier alpha value is -2.84. The van der Waals surface area contributed by atoms with Gasteiger partial charge in [-0.05, 0) is 50.1 Å². The van der Waals surface area contributed by atoms with Gasteiger partial charge >= 0.3 is 0 Å². The van der Waals surface area contributed by atoms with Crippen molar-refractivity contribution in [1.82, 2.24) is 14.8 Å². The summed E-state index contributed by atoms with van der Waals surface area (Å²) in [7, 11) is 0. The van der Waals surface area contributed by atoms with Crippen LogP contribution in [-0.2, 0) is 4.79 Å². The van der Waals surface area contributed by atoms with Crippen LogP contribution < -0.4 is 10.1 Å². The summed E-state index contributed by atoms with van der Waals surface area (Å²) in [4.78, 5) is 11.4. The van der Waals surface area contributed by atoms with Gasteiger partial charge in [0, 0.05) is 24.3 Å². The second kappa shape index (κ2) is 9.53. The van der Waals surface area contributed by atoms with E-state index in [9.17, 15) is 9.90 Å². The fraction of sp³-hybridized carbons (Fsp3) is 0.348. The summed E-state index contributed by atoms with van der Waals surface area (Å²) in [6, 6.07) is 15.4. The van der Waals surface area contributed by atoms with Crippen molar-refractivity contribution in [1.29, 1.82) is 0 Å². The number of hydrogen-bond donors (Lipinski definition) is 2. The molecule has 1 aromatic heterocycles. The van der Waals surface area contributed by atoms with Gasteiger partial charge in [-0.15, -0.1) is 10.2 Å². The summed E-state index contributed by atoms with van der Waals surface area (Å²) in [6.07, 6.45) is 1.55. The Balaban J connectivity index is 1.45. The van der Waals surface area contributed by atoms with E-state index in [4.69, 9.17) is 4.74 Å². The van der Waals surface area contributed by atoms with Gasteiger partial charge in [-0.25, -0.2) is 0 Å². The zero-order valence-corrected chi connectivity index (χ0v) is 18.4. The van der Waals surface area contributed by atoms with Gasteiger partial charge in [0.1, 0.15) is 18.2 Å². The first-order valence-electron chi connectivity index (χ1n) is 10.3. The lowest BCUT2D eigenvalue weighted by atomic mass is 10.2. The third-order valence-electron chi connectivity index (χ3n) is 4.89. The minimum absolute atomic E-state index is 0.116. The summed E-state index contributed by atoms with van der Waals surface area (Å²) < 4.78 is 7.71. The first-order chi connectivity index (χ1) is 15.0. The van der Waals surface area contributed by atoms with Crippen LogP contribution in [0.5, 0.6) is 5.75 Å². The number of thioether (sulfide) groups is 1. The Morgan fingerprint density at radius 2 is 2.03 bits per heavy atom. The number of carbonyl (C=O) groups excluding carboxylic acids is 1. The van der Waals surface area contributed by atoms with Gasteiger partial charge in [-0.3, -0.25) is 9.36 Å². The summed E-state index contributed by atoms with van der Waals surface area (Å²) in [5, 5.41) is 22.7. The van der Waals surface area contributed by atoms with E-state index >= 15 is 0 Å². The molecule has 31 heavy (non-hydrogen) atoms. The first-order valence-corrected chi connectivity index (χ1v) is 11.3. The third kappa shape index (κ3) is 5.65. The summed E-state index contributed by atoms with van der Waals surface area (Å²) in [6.45, 7) is 3.72. The molecule has 7 nitrogen and oxygen atoms in total. The number of aromatic nitrogens is 3. The second-order valence-electron chi connectivity index (χ2n) is 7.77. The van der Waals surface area contributed by atoms with E-state index in [0.29, 0.717) is 11.7 Å². The number of aliphatic hydroxyl groups is 1. The highest BCUT2D eigenvalue weighted by atomic mass is 32.2. The molecule has 8 heteroatoms. The number of nitrogens with zero attached hydrogens (tertiary/aromatic N) is 3. The van der Waals surface area contributed by atoms with E-state index in [2.05, 4.69) is 15.5 Å². The number of aliphatic hydroxyl groups excluding tert-OH is 1. The van der Waals surface area contributed by atoms with Gasteiger partial charge in [-0.1, -0.05) is 35.5 Å². The molecule has 1 heterocycles. The number of anilines is 1. The Labute approximate surface area is 185 Å². The highest BCUT2D eigenvalue weighted by molar-refractivity contribution is 7.99. The van der Waals surface area contributed by atoms with E-state index < -0.39 is 6.10 Å². The van der Waals surface area contributed by atoms with Crippen LogP contribution in [0.3, 0.4) is 0 Å². The molecule has 2 N–H and O–H groups in total. The van der Waals surface area contributed by atoms with Crippen LogP contribution in [0.2, 0.25) is 0 Å². The van der Waals surface area contributed by atoms with Crippen LogP contribution in [-0.4, -0.2) is 44.2 Å². The first kappa shape index (κ1) is 21.4. The predicted octanol–water partition coefficient (Wildman–Crippen LogP) is 3.94. The third-order valence-corrected chi connectivity index (χ3v) is 5.97. The van der Waals surface area contributed by atoms with Gasteiger partial charge in [0.2, 0.25) is 5.91 Å². The van der Waals surface area contributed by atoms with Gasteiger partial charge < -0.3 is 15.2 Å². The van der Waals surface area contributed by atoms with Crippen LogP contribution in [0.4, 0.5) is 5.69 Å². The van der Waals surface area contributed by atoms with E-state index in [1.165, 1.54) is 18.7 Å². The average Bonchev–Trinajstić information content (AvgIpc) is 3.50. The molecule has 0 radical (unpaired) electrons. The maximum absolute atomic E-state index is 11.4. The van der Waals surface area contributed by atoms with E-state index in [-0.39, 0.29) is 12.5 Å². The minimum Gasteiger partial charge on any atom is -0.491 e. The predicted molar refractivity (Wildman–Crippen MR) is 121 cm³/mol. The normalized spacial score (nSPS) is 14.3. The zero-order chi connectivity index (χ0) is 21.8. The minimum atomic E-state index is -0.647. The van der Waals surface area contributed by atoms with Crippen molar-refractivity contribution in [2.75, 3.05) is 17.7 Å². The van der Waals surface area contributed by atoms with Crippen molar-refractivity contribution in [2.45, 2.75) is 43.9 Å². The average molecular weight is 439 g/mol. The molecule has 1 fully saturated rings. The lowest BCUT2D eigenvalue weighted by Gasteiger charge is -2.14. The second-order valence-corrected chi connectivity index (χ2v) is 8.76. The quantitative estimate of drug-likeness (QED) is 0.492. The molecule has 0 saturated heterocycles. The topological polar surface area (TPSA) is 89.3 Å². The van der Waals surface area contributed by atoms with E-state index in [0.717, 1.165) is 46.5 Å². The number of rotatable bonds is 9. The maximum atomic E-state index is 11.4. The molecule has 162 valence electrons. The number of benzene rings is 2. The highest BCUT2D eigenvalue weighted by Crippen LogP contribution is 2.41. The number of nitrogens with one attached hydrogen (secondary N) is 1. The number of amides is 1. The Bertz CT molecular complexity index is 1050. The molecule has 1 unspecified atom stereocenters. The van der Waals surface area contributed by atoms with Crippen LogP contribution in [0.25, 0.3) is 5.69 Å². The number of aryl methyl sites for hydroxylation is 1. The maximum Gasteiger partial charge on any atom is 0.221 e. The lowest BCUT2D eigenvalue weighted by molar-refractivity contribution is -0.114. The van der Waals surface area contributed by atoms with Crippen molar-refractivity contribution >= 4 is 23.4 Å². The Morgan fingerprint density at radius 1 is 1.26 bits per heavy atom. The van der Waals surface area contributed by atoms with Crippen molar-refractivity contribution in [3.8, 4) is 11.4 Å². The van der Waals surface area contributed by atoms with E-state index in [1.807, 2.05) is 60.0 Å². The monoisotopic (exact) mass is 438 g/mol. The lowest BCUT2D eigenvalue weighted by Crippen LogP contribution is -2.20. The van der Waals surface area contributed by atoms with Crippen LogP contribution in [0, 0.1) is 6.92 Å². The molecule has 1 aliphatic carbocycles. The largest absolute Gasteiger partial charge is 0.491 e. The molecule has 0 bridgehead atoms. The molecule has 4 rings (SSSR count). The molecule has 2 aromatic carbocycles. The summed E-state index contributed by atoms with van der Waals surface area (Å²) in [5.41, 5.74) is 2.78. The SMILES string of the molecule is CC(=O)Nc1cccc(-n2c(SCC(O)COc3ccc(C)cc3)nnc2C2CC2)c1. The highest BCUT2D eigenvalue weighted by Gasteiger charge is 2.31. The molecular formula is C23H26N4O3S.